The minimum absolute atomic E-state index is 0.0321. The van der Waals surface area contributed by atoms with Gasteiger partial charge in [-0.1, -0.05) is 12.1 Å². The lowest BCUT2D eigenvalue weighted by molar-refractivity contribution is -0.116. The summed E-state index contributed by atoms with van der Waals surface area (Å²) in [7, 11) is 1.98. The second kappa shape index (κ2) is 8.58. The van der Waals surface area contributed by atoms with Crippen LogP contribution in [0.25, 0.3) is 0 Å². The van der Waals surface area contributed by atoms with E-state index in [1.54, 1.807) is 12.1 Å². The molecule has 1 aliphatic heterocycles. The fourth-order valence-corrected chi connectivity index (χ4v) is 2.63. The van der Waals surface area contributed by atoms with Gasteiger partial charge in [0.2, 0.25) is 12.7 Å². The molecule has 0 fully saturated rings. The maximum Gasteiger partial charge on any atom is 0.231 e. The van der Waals surface area contributed by atoms with Gasteiger partial charge in [-0.15, -0.1) is 0 Å². The number of rotatable bonds is 8. The first-order valence-corrected chi connectivity index (χ1v) is 8.68. The van der Waals surface area contributed by atoms with Gasteiger partial charge in [0.25, 0.3) is 0 Å². The van der Waals surface area contributed by atoms with Crippen molar-refractivity contribution in [2.75, 3.05) is 38.9 Å². The summed E-state index contributed by atoms with van der Waals surface area (Å²) < 4.78 is 16.3. The number of hydrogen-bond acceptors (Lipinski definition) is 5. The predicted molar refractivity (Wildman–Crippen MR) is 100.0 cm³/mol. The molecule has 1 amide bonds. The van der Waals surface area contributed by atoms with Gasteiger partial charge < -0.3 is 24.4 Å². The van der Waals surface area contributed by atoms with E-state index in [1.807, 2.05) is 44.3 Å². The zero-order valence-electron chi connectivity index (χ0n) is 15.2. The molecule has 0 saturated heterocycles. The van der Waals surface area contributed by atoms with Crippen LogP contribution in [0.15, 0.2) is 42.5 Å². The lowest BCUT2D eigenvalue weighted by atomic mass is 10.2. The molecule has 0 aromatic heterocycles. The molecule has 138 valence electrons. The van der Waals surface area contributed by atoms with Gasteiger partial charge in [0, 0.05) is 31.3 Å². The van der Waals surface area contributed by atoms with Crippen LogP contribution in [0, 0.1) is 6.92 Å². The van der Waals surface area contributed by atoms with E-state index in [-0.39, 0.29) is 12.7 Å². The topological polar surface area (TPSA) is 60.0 Å². The van der Waals surface area contributed by atoms with Crippen molar-refractivity contribution in [3.8, 4) is 17.2 Å². The summed E-state index contributed by atoms with van der Waals surface area (Å²) in [5.41, 5.74) is 1.89. The minimum atomic E-state index is -0.0321. The molecule has 1 heterocycles. The number of ether oxygens (including phenoxy) is 3. The number of aryl methyl sites for hydroxylation is 1. The second-order valence-electron chi connectivity index (χ2n) is 6.33. The third kappa shape index (κ3) is 5.13. The zero-order valence-corrected chi connectivity index (χ0v) is 15.2. The van der Waals surface area contributed by atoms with Crippen LogP contribution in [0.5, 0.6) is 17.2 Å². The van der Waals surface area contributed by atoms with E-state index in [4.69, 9.17) is 14.2 Å². The lowest BCUT2D eigenvalue weighted by Crippen LogP contribution is -2.28. The van der Waals surface area contributed by atoms with Crippen LogP contribution < -0.4 is 19.5 Å². The molecule has 6 nitrogen and oxygen atoms in total. The SMILES string of the molecule is Cc1cccc(OCCN(C)CCC(=O)Nc2ccc3c(c2)OCO3)c1. The quantitative estimate of drug-likeness (QED) is 0.788. The van der Waals surface area contributed by atoms with Crippen molar-refractivity contribution in [1.82, 2.24) is 4.90 Å². The fraction of sp³-hybridized carbons (Fsp3) is 0.350. The molecule has 1 aliphatic rings. The molecule has 0 radical (unpaired) electrons. The van der Waals surface area contributed by atoms with E-state index in [1.165, 1.54) is 5.56 Å². The van der Waals surface area contributed by atoms with E-state index in [0.29, 0.717) is 36.8 Å². The van der Waals surface area contributed by atoms with Crippen molar-refractivity contribution in [3.63, 3.8) is 0 Å². The molecule has 26 heavy (non-hydrogen) atoms. The first-order valence-electron chi connectivity index (χ1n) is 8.68. The van der Waals surface area contributed by atoms with Gasteiger partial charge in [0.1, 0.15) is 12.4 Å². The van der Waals surface area contributed by atoms with Crippen molar-refractivity contribution >= 4 is 11.6 Å². The average Bonchev–Trinajstić information content (AvgIpc) is 3.08. The highest BCUT2D eigenvalue weighted by Crippen LogP contribution is 2.34. The van der Waals surface area contributed by atoms with Gasteiger partial charge >= 0.3 is 0 Å². The Morgan fingerprint density at radius 1 is 1.15 bits per heavy atom. The molecule has 0 saturated carbocycles. The number of nitrogens with zero attached hydrogens (tertiary/aromatic N) is 1. The fourth-order valence-electron chi connectivity index (χ4n) is 2.63. The summed E-state index contributed by atoms with van der Waals surface area (Å²) in [6.45, 7) is 4.27. The van der Waals surface area contributed by atoms with Crippen LogP contribution >= 0.6 is 0 Å². The van der Waals surface area contributed by atoms with E-state index < -0.39 is 0 Å². The first-order chi connectivity index (χ1) is 12.6. The molecule has 0 unspecified atom stereocenters. The third-order valence-corrected chi connectivity index (χ3v) is 4.11. The molecule has 2 aromatic carbocycles. The second-order valence-corrected chi connectivity index (χ2v) is 6.33. The van der Waals surface area contributed by atoms with Crippen LogP contribution in [-0.4, -0.2) is 44.3 Å². The van der Waals surface area contributed by atoms with Crippen molar-refractivity contribution in [2.45, 2.75) is 13.3 Å². The van der Waals surface area contributed by atoms with Crippen molar-refractivity contribution in [3.05, 3.63) is 48.0 Å². The predicted octanol–water partition coefficient (Wildman–Crippen LogP) is 3.06. The van der Waals surface area contributed by atoms with Gasteiger partial charge in [0.05, 0.1) is 0 Å². The Bertz CT molecular complexity index is 763. The molecule has 3 rings (SSSR count). The van der Waals surface area contributed by atoms with E-state index in [0.717, 1.165) is 12.3 Å². The summed E-state index contributed by atoms with van der Waals surface area (Å²) in [4.78, 5) is 14.2. The van der Waals surface area contributed by atoms with Gasteiger partial charge in [0.15, 0.2) is 11.5 Å². The number of amides is 1. The Morgan fingerprint density at radius 2 is 2.00 bits per heavy atom. The van der Waals surface area contributed by atoms with Crippen molar-refractivity contribution < 1.29 is 19.0 Å². The van der Waals surface area contributed by atoms with E-state index >= 15 is 0 Å². The Kier molecular flexibility index (Phi) is 5.96. The number of carbonyl (C=O) groups is 1. The largest absolute Gasteiger partial charge is 0.492 e. The first kappa shape index (κ1) is 18.1. The number of fused-ring (bicyclic) bond motifs is 1. The number of hydrogen-bond donors (Lipinski definition) is 1. The van der Waals surface area contributed by atoms with Crippen molar-refractivity contribution in [1.29, 1.82) is 0 Å². The minimum Gasteiger partial charge on any atom is -0.492 e. The smallest absolute Gasteiger partial charge is 0.231 e. The highest BCUT2D eigenvalue weighted by atomic mass is 16.7. The Labute approximate surface area is 153 Å². The summed E-state index contributed by atoms with van der Waals surface area (Å²) in [6, 6.07) is 13.4. The molecular formula is C20H24N2O4. The maximum absolute atomic E-state index is 12.1. The molecule has 0 atom stereocenters. The summed E-state index contributed by atoms with van der Waals surface area (Å²) in [5.74, 6) is 2.21. The van der Waals surface area contributed by atoms with E-state index in [9.17, 15) is 4.79 Å². The lowest BCUT2D eigenvalue weighted by Gasteiger charge is -2.17. The molecule has 0 aliphatic carbocycles. The van der Waals surface area contributed by atoms with Gasteiger partial charge in [-0.05, 0) is 43.8 Å². The Hall–Kier alpha value is -2.73. The highest BCUT2D eigenvalue weighted by molar-refractivity contribution is 5.91. The zero-order chi connectivity index (χ0) is 18.4. The van der Waals surface area contributed by atoms with Crippen LogP contribution in [0.2, 0.25) is 0 Å². The Balaban J connectivity index is 1.36. The standard InChI is InChI=1S/C20H24N2O4/c1-15-4-3-5-17(12-15)24-11-10-22(2)9-8-20(23)21-16-6-7-18-19(13-16)26-14-25-18/h3-7,12-13H,8-11,14H2,1-2H3,(H,21,23). The van der Waals surface area contributed by atoms with E-state index in [2.05, 4.69) is 10.2 Å². The van der Waals surface area contributed by atoms with Crippen LogP contribution in [0.4, 0.5) is 5.69 Å². The number of carbonyl (C=O) groups excluding carboxylic acids is 1. The molecule has 2 aromatic rings. The Morgan fingerprint density at radius 3 is 2.85 bits per heavy atom. The summed E-state index contributed by atoms with van der Waals surface area (Å²) in [5, 5.41) is 2.88. The number of benzene rings is 2. The summed E-state index contributed by atoms with van der Waals surface area (Å²) in [6.07, 6.45) is 0.412. The van der Waals surface area contributed by atoms with Crippen molar-refractivity contribution in [2.24, 2.45) is 0 Å². The number of nitrogens with one attached hydrogen (secondary N) is 1. The normalized spacial score (nSPS) is 12.3. The molecule has 6 heteroatoms. The number of likely N-dealkylation sites (N-methyl/N-ethyl adjacent to an activating group) is 1. The molecular weight excluding hydrogens is 332 g/mol. The molecule has 1 N–H and O–H groups in total. The average molecular weight is 356 g/mol. The number of anilines is 1. The monoisotopic (exact) mass is 356 g/mol. The van der Waals surface area contributed by atoms with Gasteiger partial charge in [-0.2, -0.15) is 0 Å². The molecule has 0 bridgehead atoms. The summed E-state index contributed by atoms with van der Waals surface area (Å²) >= 11 is 0. The van der Waals surface area contributed by atoms with Crippen LogP contribution in [0.1, 0.15) is 12.0 Å². The maximum atomic E-state index is 12.1. The van der Waals surface area contributed by atoms with Crippen LogP contribution in [0.3, 0.4) is 0 Å². The highest BCUT2D eigenvalue weighted by Gasteiger charge is 2.14. The molecule has 0 spiro atoms. The van der Waals surface area contributed by atoms with Gasteiger partial charge in [-0.3, -0.25) is 4.79 Å². The van der Waals surface area contributed by atoms with Crippen LogP contribution in [-0.2, 0) is 4.79 Å². The van der Waals surface area contributed by atoms with Gasteiger partial charge in [-0.25, -0.2) is 0 Å². The third-order valence-electron chi connectivity index (χ3n) is 4.11.